The van der Waals surface area contributed by atoms with Gasteiger partial charge in [-0.1, -0.05) is 54.6 Å². The van der Waals surface area contributed by atoms with Crippen molar-refractivity contribution in [2.45, 2.75) is 12.8 Å². The minimum Gasteiger partial charge on any atom is -0.495 e. The van der Waals surface area contributed by atoms with E-state index < -0.39 is 6.09 Å². The van der Waals surface area contributed by atoms with Crippen LogP contribution in [0.2, 0.25) is 0 Å². The lowest BCUT2D eigenvalue weighted by molar-refractivity contribution is 0.200. The van der Waals surface area contributed by atoms with Gasteiger partial charge in [-0.3, -0.25) is 9.80 Å². The number of benzene rings is 3. The Bertz CT molecular complexity index is 1050. The summed E-state index contributed by atoms with van der Waals surface area (Å²) in [6, 6.07) is 26.3. The van der Waals surface area contributed by atoms with Crippen LogP contribution in [0, 0.1) is 0 Å². The minimum atomic E-state index is -0.906. The largest absolute Gasteiger partial charge is 0.495 e. The second kappa shape index (κ2) is 13.0. The van der Waals surface area contributed by atoms with E-state index in [1.807, 2.05) is 60.7 Å². The summed E-state index contributed by atoms with van der Waals surface area (Å²) in [7, 11) is 1.71. The molecule has 0 saturated carbocycles. The third kappa shape index (κ3) is 7.13. The predicted molar refractivity (Wildman–Crippen MR) is 145 cm³/mol. The quantitative estimate of drug-likeness (QED) is 0.430. The van der Waals surface area contributed by atoms with Gasteiger partial charge in [0.05, 0.1) is 12.8 Å². The van der Waals surface area contributed by atoms with E-state index in [0.717, 1.165) is 62.7 Å². The summed E-state index contributed by atoms with van der Waals surface area (Å²) >= 11 is 0. The Morgan fingerprint density at radius 2 is 1.51 bits per heavy atom. The van der Waals surface area contributed by atoms with Crippen molar-refractivity contribution < 1.29 is 14.6 Å². The maximum atomic E-state index is 11.9. The molecule has 0 spiro atoms. The monoisotopic (exact) mass is 495 g/mol. The highest BCUT2D eigenvalue weighted by atomic mass is 35.5. The van der Waals surface area contributed by atoms with Gasteiger partial charge in [-0.2, -0.15) is 0 Å². The van der Waals surface area contributed by atoms with Crippen LogP contribution < -0.4 is 14.5 Å². The summed E-state index contributed by atoms with van der Waals surface area (Å²) in [6.07, 6.45) is 0.735. The molecule has 1 heterocycles. The van der Waals surface area contributed by atoms with Crippen molar-refractivity contribution in [1.82, 2.24) is 4.90 Å². The van der Waals surface area contributed by atoms with E-state index >= 15 is 0 Å². The van der Waals surface area contributed by atoms with E-state index in [2.05, 4.69) is 28.0 Å². The van der Waals surface area contributed by atoms with Crippen LogP contribution in [0.15, 0.2) is 78.9 Å². The molecule has 1 N–H and O–H groups in total. The molecule has 35 heavy (non-hydrogen) atoms. The van der Waals surface area contributed by atoms with Gasteiger partial charge in [-0.25, -0.2) is 4.79 Å². The van der Waals surface area contributed by atoms with E-state index in [9.17, 15) is 9.90 Å². The fourth-order valence-corrected chi connectivity index (χ4v) is 4.52. The highest BCUT2D eigenvalue weighted by Gasteiger charge is 2.20. The zero-order chi connectivity index (χ0) is 23.8. The van der Waals surface area contributed by atoms with Crippen molar-refractivity contribution >= 4 is 29.9 Å². The molecule has 7 heteroatoms. The lowest BCUT2D eigenvalue weighted by Crippen LogP contribution is -2.47. The number of amides is 1. The Morgan fingerprint density at radius 1 is 0.886 bits per heavy atom. The summed E-state index contributed by atoms with van der Waals surface area (Å²) in [6.45, 7) is 5.16. The number of para-hydroxylation sites is 2. The number of hydrogen-bond donors (Lipinski definition) is 1. The molecule has 0 aliphatic carbocycles. The lowest BCUT2D eigenvalue weighted by Gasteiger charge is -2.36. The highest BCUT2D eigenvalue weighted by molar-refractivity contribution is 5.86. The molecule has 1 fully saturated rings. The van der Waals surface area contributed by atoms with Gasteiger partial charge in [0, 0.05) is 38.4 Å². The highest BCUT2D eigenvalue weighted by Crippen LogP contribution is 2.28. The van der Waals surface area contributed by atoms with Gasteiger partial charge in [0.1, 0.15) is 5.75 Å². The molecule has 1 aliphatic heterocycles. The first kappa shape index (κ1) is 26.4. The maximum Gasteiger partial charge on any atom is 0.411 e. The average molecular weight is 496 g/mol. The van der Waals surface area contributed by atoms with E-state index in [1.54, 1.807) is 7.11 Å². The Morgan fingerprint density at radius 3 is 2.17 bits per heavy atom. The maximum absolute atomic E-state index is 11.9. The standard InChI is InChI=1S/C28H33N3O3.ClH/c1-34-27-11-6-5-10-26(27)30-20-18-29(19-21-30)16-7-17-31(28(32)33)25-14-12-24(13-15-25)22-23-8-3-2-4-9-23;/h2-6,8-15H,7,16-22H2,1H3,(H,32,33);1H. The molecule has 0 aromatic heterocycles. The predicted octanol–water partition coefficient (Wildman–Crippen LogP) is 5.40. The van der Waals surface area contributed by atoms with Crippen molar-refractivity contribution in [2.75, 3.05) is 56.2 Å². The molecule has 0 unspecified atom stereocenters. The third-order valence-electron chi connectivity index (χ3n) is 6.38. The zero-order valence-electron chi connectivity index (χ0n) is 20.2. The molecule has 1 aliphatic rings. The molecular weight excluding hydrogens is 462 g/mol. The Hall–Kier alpha value is -3.22. The number of rotatable bonds is 9. The number of methoxy groups -OCH3 is 1. The summed E-state index contributed by atoms with van der Waals surface area (Å²) in [4.78, 5) is 18.1. The van der Waals surface area contributed by atoms with E-state index in [1.165, 1.54) is 16.0 Å². The van der Waals surface area contributed by atoms with Crippen LogP contribution in [0.3, 0.4) is 0 Å². The second-order valence-electron chi connectivity index (χ2n) is 8.62. The Kier molecular flexibility index (Phi) is 9.82. The van der Waals surface area contributed by atoms with Gasteiger partial charge < -0.3 is 14.7 Å². The van der Waals surface area contributed by atoms with Crippen LogP contribution in [-0.4, -0.2) is 62.5 Å². The number of hydrogen-bond acceptors (Lipinski definition) is 4. The number of nitrogens with zero attached hydrogens (tertiary/aromatic N) is 3. The molecule has 0 atom stereocenters. The number of halogens is 1. The number of piperazine rings is 1. The van der Waals surface area contributed by atoms with Gasteiger partial charge in [0.15, 0.2) is 0 Å². The number of anilines is 2. The SMILES string of the molecule is COc1ccccc1N1CCN(CCCN(C(=O)O)c2ccc(Cc3ccccc3)cc2)CC1.Cl. The molecule has 1 amide bonds. The summed E-state index contributed by atoms with van der Waals surface area (Å²) in [5.74, 6) is 0.905. The molecule has 4 rings (SSSR count). The smallest absolute Gasteiger partial charge is 0.411 e. The van der Waals surface area contributed by atoms with Gasteiger partial charge in [0.2, 0.25) is 0 Å². The summed E-state index contributed by atoms with van der Waals surface area (Å²) in [5, 5.41) is 9.77. The van der Waals surface area contributed by atoms with E-state index in [0.29, 0.717) is 6.54 Å². The van der Waals surface area contributed by atoms with Crippen LogP contribution in [0.25, 0.3) is 0 Å². The molecule has 3 aromatic carbocycles. The summed E-state index contributed by atoms with van der Waals surface area (Å²) < 4.78 is 5.50. The molecular formula is C28H34ClN3O3. The molecule has 0 bridgehead atoms. The minimum absolute atomic E-state index is 0. The normalized spacial score (nSPS) is 13.7. The fourth-order valence-electron chi connectivity index (χ4n) is 4.52. The van der Waals surface area contributed by atoms with Gasteiger partial charge in [-0.05, 0) is 54.8 Å². The van der Waals surface area contributed by atoms with Gasteiger partial charge in [-0.15, -0.1) is 12.4 Å². The van der Waals surface area contributed by atoms with Crippen molar-refractivity contribution in [3.05, 3.63) is 90.0 Å². The first-order chi connectivity index (χ1) is 16.6. The zero-order valence-corrected chi connectivity index (χ0v) is 21.0. The molecule has 3 aromatic rings. The molecule has 1 saturated heterocycles. The molecule has 0 radical (unpaired) electrons. The Balaban J connectivity index is 0.00000342. The Labute approximate surface area is 214 Å². The van der Waals surface area contributed by atoms with Crippen LogP contribution in [-0.2, 0) is 6.42 Å². The van der Waals surface area contributed by atoms with Gasteiger partial charge >= 0.3 is 6.09 Å². The van der Waals surface area contributed by atoms with Gasteiger partial charge in [0.25, 0.3) is 0 Å². The van der Waals surface area contributed by atoms with Crippen LogP contribution in [0.4, 0.5) is 16.2 Å². The topological polar surface area (TPSA) is 56.2 Å². The lowest BCUT2D eigenvalue weighted by atomic mass is 10.0. The van der Waals surface area contributed by atoms with E-state index in [-0.39, 0.29) is 12.4 Å². The van der Waals surface area contributed by atoms with Crippen LogP contribution in [0.5, 0.6) is 5.75 Å². The first-order valence-corrected chi connectivity index (χ1v) is 11.9. The molecule has 6 nitrogen and oxygen atoms in total. The van der Waals surface area contributed by atoms with Crippen molar-refractivity contribution in [2.24, 2.45) is 0 Å². The summed E-state index contributed by atoms with van der Waals surface area (Å²) in [5.41, 5.74) is 4.28. The van der Waals surface area contributed by atoms with Crippen LogP contribution in [0.1, 0.15) is 17.5 Å². The molecule has 186 valence electrons. The number of carbonyl (C=O) groups is 1. The van der Waals surface area contributed by atoms with Crippen molar-refractivity contribution in [1.29, 1.82) is 0 Å². The third-order valence-corrected chi connectivity index (χ3v) is 6.38. The van der Waals surface area contributed by atoms with Crippen molar-refractivity contribution in [3.8, 4) is 5.75 Å². The fraction of sp³-hybridized carbons (Fsp3) is 0.321. The first-order valence-electron chi connectivity index (χ1n) is 11.9. The van der Waals surface area contributed by atoms with Crippen LogP contribution >= 0.6 is 12.4 Å². The van der Waals surface area contributed by atoms with Crippen molar-refractivity contribution in [3.63, 3.8) is 0 Å². The number of carboxylic acid groups (broad SMARTS) is 1. The number of ether oxygens (including phenoxy) is 1. The van der Waals surface area contributed by atoms with E-state index in [4.69, 9.17) is 4.74 Å². The second-order valence-corrected chi connectivity index (χ2v) is 8.62. The average Bonchev–Trinajstić information content (AvgIpc) is 2.88.